The molecule has 36 heavy (non-hydrogen) atoms. The molecule has 1 saturated heterocycles. The van der Waals surface area contributed by atoms with Crippen LogP contribution in [0.5, 0.6) is 5.75 Å². The van der Waals surface area contributed by atoms with E-state index in [-0.39, 0.29) is 23.5 Å². The van der Waals surface area contributed by atoms with Crippen molar-refractivity contribution in [2.24, 2.45) is 5.92 Å². The Balaban J connectivity index is 0.00000109. The highest BCUT2D eigenvalue weighted by atomic mass is 19.1. The third kappa shape index (κ3) is 6.02. The minimum Gasteiger partial charge on any atom is -0.494 e. The molecule has 0 atom stereocenters. The van der Waals surface area contributed by atoms with Crippen LogP contribution in [0.2, 0.25) is 0 Å². The highest BCUT2D eigenvalue weighted by molar-refractivity contribution is 5.93. The average molecular weight is 496 g/mol. The molecule has 9 nitrogen and oxygen atoms in total. The molecule has 10 heteroatoms. The zero-order valence-corrected chi connectivity index (χ0v) is 21.3. The number of anilines is 1. The molecule has 0 bridgehead atoms. The van der Waals surface area contributed by atoms with E-state index in [1.807, 2.05) is 11.9 Å². The fourth-order valence-electron chi connectivity index (χ4n) is 4.08. The number of methoxy groups -OCH3 is 1. The highest BCUT2D eigenvalue weighted by Gasteiger charge is 2.35. The molecule has 0 aliphatic carbocycles. The molecule has 3 heterocycles. The number of unbranched alkanes of at least 4 members (excludes halogenated alkanes) is 1. The second-order valence-electron chi connectivity index (χ2n) is 8.70. The maximum atomic E-state index is 14.2. The molecule has 2 aromatic heterocycles. The summed E-state index contributed by atoms with van der Waals surface area (Å²) in [7, 11) is 3.27. The number of hydrogen-bond donors (Lipinski definition) is 1. The molecular formula is C26H34FN7O2. The maximum Gasteiger partial charge on any atom is 0.228 e. The van der Waals surface area contributed by atoms with E-state index in [0.29, 0.717) is 41.4 Å². The van der Waals surface area contributed by atoms with E-state index in [0.717, 1.165) is 25.9 Å². The number of carbonyl (C=O) groups excluding carboxylic acids is 1. The van der Waals surface area contributed by atoms with Gasteiger partial charge in [0.25, 0.3) is 0 Å². The topological polar surface area (TPSA) is 102 Å². The number of nitrogens with zero attached hydrogens (tertiary/aromatic N) is 6. The monoisotopic (exact) mass is 495 g/mol. The predicted octanol–water partition coefficient (Wildman–Crippen LogP) is 2.63. The largest absolute Gasteiger partial charge is 0.494 e. The lowest BCUT2D eigenvalue weighted by Crippen LogP contribution is -2.56. The minimum absolute atomic E-state index is 0.103. The molecule has 0 radical (unpaired) electrons. The summed E-state index contributed by atoms with van der Waals surface area (Å²) in [5, 5.41) is 4.97. The lowest BCUT2D eigenvalue weighted by atomic mass is 9.96. The van der Waals surface area contributed by atoms with Crippen LogP contribution >= 0.6 is 0 Å². The summed E-state index contributed by atoms with van der Waals surface area (Å²) < 4.78 is 20.7. The first kappa shape index (κ1) is 28.3. The lowest BCUT2D eigenvalue weighted by Gasteiger charge is -2.42. The molecule has 2 N–H and O–H groups in total. The van der Waals surface area contributed by atoms with Crippen molar-refractivity contribution in [1.29, 1.82) is 0 Å². The van der Waals surface area contributed by atoms with Crippen LogP contribution in [0.3, 0.4) is 0 Å². The van der Waals surface area contributed by atoms with Crippen molar-refractivity contribution in [3.8, 4) is 31.4 Å². The molecular weight excluding hydrogens is 461 g/mol. The number of halogens is 1. The zero-order chi connectivity index (χ0) is 27.0. The van der Waals surface area contributed by atoms with E-state index in [4.69, 9.17) is 10.5 Å². The van der Waals surface area contributed by atoms with Gasteiger partial charge in [0.2, 0.25) is 11.9 Å². The number of terminal acetylenes is 2. The molecule has 192 valence electrons. The zero-order valence-electron chi connectivity index (χ0n) is 21.3. The average Bonchev–Trinajstić information content (AvgIpc) is 3.28. The number of amides is 1. The van der Waals surface area contributed by atoms with Crippen LogP contribution in [0, 0.1) is 37.4 Å². The van der Waals surface area contributed by atoms with Gasteiger partial charge in [0.05, 0.1) is 18.5 Å². The second kappa shape index (κ2) is 12.7. The van der Waals surface area contributed by atoms with Crippen molar-refractivity contribution >= 4 is 28.4 Å². The third-order valence-electron chi connectivity index (χ3n) is 6.12. The maximum absolute atomic E-state index is 14.2. The van der Waals surface area contributed by atoms with Gasteiger partial charge < -0.3 is 15.4 Å². The quantitative estimate of drug-likeness (QED) is 0.379. The Morgan fingerprint density at radius 1 is 1.22 bits per heavy atom. The van der Waals surface area contributed by atoms with Gasteiger partial charge in [-0.05, 0) is 32.8 Å². The molecule has 1 fully saturated rings. The van der Waals surface area contributed by atoms with Crippen LogP contribution in [0.4, 0.5) is 10.3 Å². The summed E-state index contributed by atoms with van der Waals surface area (Å²) in [5.41, 5.74) is 7.00. The number of aryl methyl sites for hydroxylation is 1. The number of rotatable bonds is 8. The number of carbonyl (C=O) groups is 1. The van der Waals surface area contributed by atoms with E-state index in [1.54, 1.807) is 0 Å². The van der Waals surface area contributed by atoms with Crippen molar-refractivity contribution in [3.05, 3.63) is 23.8 Å². The van der Waals surface area contributed by atoms with Crippen LogP contribution < -0.4 is 10.5 Å². The fraction of sp³-hybridized carbons (Fsp3) is 0.462. The summed E-state index contributed by atoms with van der Waals surface area (Å²) in [6.07, 6.45) is 18.3. The van der Waals surface area contributed by atoms with E-state index in [2.05, 4.69) is 59.5 Å². The van der Waals surface area contributed by atoms with Crippen LogP contribution in [0.1, 0.15) is 32.5 Å². The van der Waals surface area contributed by atoms with Crippen LogP contribution in [0.15, 0.2) is 12.1 Å². The second-order valence-corrected chi connectivity index (χ2v) is 8.70. The van der Waals surface area contributed by atoms with Gasteiger partial charge in [0.1, 0.15) is 0 Å². The molecule has 0 spiro atoms. The summed E-state index contributed by atoms with van der Waals surface area (Å²) in [6.45, 7) is 6.70. The van der Waals surface area contributed by atoms with E-state index in [1.165, 1.54) is 23.8 Å². The predicted molar refractivity (Wildman–Crippen MR) is 140 cm³/mol. The van der Waals surface area contributed by atoms with Gasteiger partial charge in [-0.3, -0.25) is 9.69 Å². The van der Waals surface area contributed by atoms with Crippen molar-refractivity contribution < 1.29 is 13.9 Å². The van der Waals surface area contributed by atoms with Gasteiger partial charge in [0, 0.05) is 50.6 Å². The highest BCUT2D eigenvalue weighted by Crippen LogP contribution is 2.27. The summed E-state index contributed by atoms with van der Waals surface area (Å²) in [4.78, 5) is 25.5. The molecule has 0 unspecified atom stereocenters. The standard InChI is InChI=1S/C22H30FN7O2.2C2H2/c1-13(2)29-11-14(12-29)21(31)28(3)8-6-5-7-19-26-20-15-9-16(23)18(32-4)10-17(15)25-22(24)30(20)27-19;2*1-2/h9-10,13-14H,5-8,11-12H2,1-4H3,(H2,24,25);2*1-2H. The number of hydrogen-bond acceptors (Lipinski definition) is 7. The van der Waals surface area contributed by atoms with Gasteiger partial charge in [-0.1, -0.05) is 0 Å². The van der Waals surface area contributed by atoms with Gasteiger partial charge in [-0.2, -0.15) is 4.52 Å². The molecule has 0 saturated carbocycles. The number of fused-ring (bicyclic) bond motifs is 3. The van der Waals surface area contributed by atoms with Gasteiger partial charge in [-0.25, -0.2) is 14.4 Å². The number of nitrogen functional groups attached to an aromatic ring is 1. The molecule has 4 rings (SSSR count). The van der Waals surface area contributed by atoms with E-state index >= 15 is 0 Å². The molecule has 1 aliphatic rings. The van der Waals surface area contributed by atoms with Crippen molar-refractivity contribution in [2.75, 3.05) is 39.5 Å². The van der Waals surface area contributed by atoms with Crippen molar-refractivity contribution in [3.63, 3.8) is 0 Å². The minimum atomic E-state index is -0.492. The number of nitrogens with two attached hydrogens (primary N) is 1. The smallest absolute Gasteiger partial charge is 0.228 e. The Hall–Kier alpha value is -3.89. The Morgan fingerprint density at radius 2 is 1.89 bits per heavy atom. The first-order valence-corrected chi connectivity index (χ1v) is 11.6. The molecule has 1 aromatic carbocycles. The van der Waals surface area contributed by atoms with E-state index < -0.39 is 5.82 Å². The van der Waals surface area contributed by atoms with Gasteiger partial charge >= 0.3 is 0 Å². The number of likely N-dealkylation sites (tertiary alicyclic amines) is 1. The Bertz CT molecular complexity index is 1220. The molecule has 1 amide bonds. The Kier molecular flexibility index (Phi) is 10.0. The summed E-state index contributed by atoms with van der Waals surface area (Å²) >= 11 is 0. The Labute approximate surface area is 211 Å². The normalized spacial score (nSPS) is 13.4. The first-order valence-electron chi connectivity index (χ1n) is 11.6. The SMILES string of the molecule is C#C.C#C.COc1cc2nc(N)n3nc(CCCCN(C)C(=O)C4CN(C(C)C)C4)nc3c2cc1F. The Morgan fingerprint density at radius 3 is 2.50 bits per heavy atom. The summed E-state index contributed by atoms with van der Waals surface area (Å²) in [6, 6.07) is 3.34. The van der Waals surface area contributed by atoms with Crippen molar-refractivity contribution in [2.45, 2.75) is 39.2 Å². The first-order chi connectivity index (χ1) is 17.3. The number of aromatic nitrogens is 4. The molecule has 1 aliphatic heterocycles. The van der Waals surface area contributed by atoms with Crippen LogP contribution in [-0.4, -0.2) is 75.1 Å². The van der Waals surface area contributed by atoms with Crippen LogP contribution in [-0.2, 0) is 11.2 Å². The summed E-state index contributed by atoms with van der Waals surface area (Å²) in [5.74, 6) is 0.740. The van der Waals surface area contributed by atoms with Crippen molar-refractivity contribution in [1.82, 2.24) is 29.4 Å². The fourth-order valence-corrected chi connectivity index (χ4v) is 4.08. The van der Waals surface area contributed by atoms with Crippen LogP contribution in [0.25, 0.3) is 16.6 Å². The molecule has 3 aromatic rings. The number of ether oxygens (including phenoxy) is 1. The van der Waals surface area contributed by atoms with Gasteiger partial charge in [0.15, 0.2) is 23.0 Å². The van der Waals surface area contributed by atoms with Gasteiger partial charge in [-0.15, -0.1) is 30.8 Å². The number of benzene rings is 1. The third-order valence-corrected chi connectivity index (χ3v) is 6.12. The lowest BCUT2D eigenvalue weighted by molar-refractivity contribution is -0.140. The van der Waals surface area contributed by atoms with E-state index in [9.17, 15) is 9.18 Å².